The standard InChI is InChI=1S/C14H27N3O/c1-15(2)14(18)11-17-8-4-5-13(17)12-6-9-16(3)10-7-12/h12-13H,4-11H2,1-3H3/t13-/m0/s1. The molecule has 0 spiro atoms. The van der Waals surface area contributed by atoms with Gasteiger partial charge < -0.3 is 9.80 Å². The number of rotatable bonds is 3. The molecule has 1 atom stereocenters. The van der Waals surface area contributed by atoms with Gasteiger partial charge in [0.2, 0.25) is 5.91 Å². The molecule has 0 aliphatic carbocycles. The smallest absolute Gasteiger partial charge is 0.236 e. The highest BCUT2D eigenvalue weighted by molar-refractivity contribution is 5.77. The van der Waals surface area contributed by atoms with Crippen LogP contribution in [0.2, 0.25) is 0 Å². The maximum Gasteiger partial charge on any atom is 0.236 e. The Morgan fingerprint density at radius 2 is 1.83 bits per heavy atom. The molecule has 0 aromatic heterocycles. The summed E-state index contributed by atoms with van der Waals surface area (Å²) in [5, 5.41) is 0. The van der Waals surface area contributed by atoms with Gasteiger partial charge in [0.1, 0.15) is 0 Å². The molecule has 0 bridgehead atoms. The van der Waals surface area contributed by atoms with Crippen LogP contribution in [0.3, 0.4) is 0 Å². The predicted octanol–water partition coefficient (Wildman–Crippen LogP) is 0.881. The zero-order valence-corrected chi connectivity index (χ0v) is 12.1. The molecule has 104 valence electrons. The van der Waals surface area contributed by atoms with E-state index in [1.165, 1.54) is 38.8 Å². The van der Waals surface area contributed by atoms with E-state index in [9.17, 15) is 4.79 Å². The van der Waals surface area contributed by atoms with E-state index in [4.69, 9.17) is 0 Å². The van der Waals surface area contributed by atoms with Gasteiger partial charge in [-0.25, -0.2) is 0 Å². The van der Waals surface area contributed by atoms with Crippen LogP contribution in [0.5, 0.6) is 0 Å². The van der Waals surface area contributed by atoms with E-state index < -0.39 is 0 Å². The average molecular weight is 253 g/mol. The van der Waals surface area contributed by atoms with Crippen molar-refractivity contribution in [3.05, 3.63) is 0 Å². The van der Waals surface area contributed by atoms with Crippen molar-refractivity contribution in [3.63, 3.8) is 0 Å². The number of hydrogen-bond donors (Lipinski definition) is 0. The lowest BCUT2D eigenvalue weighted by Crippen LogP contribution is -2.45. The summed E-state index contributed by atoms with van der Waals surface area (Å²) in [6.07, 6.45) is 5.15. The second-order valence-corrected chi connectivity index (χ2v) is 6.11. The Kier molecular flexibility index (Phi) is 4.62. The zero-order chi connectivity index (χ0) is 13.1. The molecule has 2 aliphatic heterocycles. The fraction of sp³-hybridized carbons (Fsp3) is 0.929. The summed E-state index contributed by atoms with van der Waals surface area (Å²) < 4.78 is 0. The maximum absolute atomic E-state index is 11.9. The number of piperidine rings is 1. The van der Waals surface area contributed by atoms with Crippen molar-refractivity contribution in [2.75, 3.05) is 47.3 Å². The molecular weight excluding hydrogens is 226 g/mol. The quantitative estimate of drug-likeness (QED) is 0.747. The number of hydrogen-bond acceptors (Lipinski definition) is 3. The first kappa shape index (κ1) is 13.8. The van der Waals surface area contributed by atoms with Crippen LogP contribution >= 0.6 is 0 Å². The van der Waals surface area contributed by atoms with Crippen molar-refractivity contribution in [2.45, 2.75) is 31.7 Å². The summed E-state index contributed by atoms with van der Waals surface area (Å²) in [7, 11) is 5.91. The Balaban J connectivity index is 1.89. The summed E-state index contributed by atoms with van der Waals surface area (Å²) in [4.78, 5) is 18.4. The molecule has 2 saturated heterocycles. The Labute approximate surface area is 111 Å². The van der Waals surface area contributed by atoms with E-state index in [2.05, 4.69) is 16.8 Å². The first-order chi connectivity index (χ1) is 8.58. The van der Waals surface area contributed by atoms with Crippen LogP contribution in [0.1, 0.15) is 25.7 Å². The summed E-state index contributed by atoms with van der Waals surface area (Å²) in [6, 6.07) is 0.655. The summed E-state index contributed by atoms with van der Waals surface area (Å²) >= 11 is 0. The molecule has 4 nitrogen and oxygen atoms in total. The van der Waals surface area contributed by atoms with Crippen LogP contribution in [0.15, 0.2) is 0 Å². The highest BCUT2D eigenvalue weighted by Gasteiger charge is 2.34. The first-order valence-corrected chi connectivity index (χ1v) is 7.20. The zero-order valence-electron chi connectivity index (χ0n) is 12.1. The number of nitrogens with zero attached hydrogens (tertiary/aromatic N) is 3. The summed E-state index contributed by atoms with van der Waals surface area (Å²) in [6.45, 7) is 4.16. The van der Waals surface area contributed by atoms with Gasteiger partial charge in [-0.3, -0.25) is 9.69 Å². The SMILES string of the molecule is CN1CCC([C@@H]2CCCN2CC(=O)N(C)C)CC1. The molecular formula is C14H27N3O. The molecule has 18 heavy (non-hydrogen) atoms. The number of likely N-dealkylation sites (N-methyl/N-ethyl adjacent to an activating group) is 1. The van der Waals surface area contributed by atoms with Crippen molar-refractivity contribution in [2.24, 2.45) is 5.92 Å². The third-order valence-electron chi connectivity index (χ3n) is 4.56. The van der Waals surface area contributed by atoms with Crippen molar-refractivity contribution in [1.29, 1.82) is 0 Å². The molecule has 2 heterocycles. The first-order valence-electron chi connectivity index (χ1n) is 7.20. The fourth-order valence-electron chi connectivity index (χ4n) is 3.31. The topological polar surface area (TPSA) is 26.8 Å². The number of carbonyl (C=O) groups excluding carboxylic acids is 1. The second kappa shape index (κ2) is 6.02. The number of amides is 1. The minimum absolute atomic E-state index is 0.245. The third-order valence-corrected chi connectivity index (χ3v) is 4.56. The van der Waals surface area contributed by atoms with Crippen LogP contribution < -0.4 is 0 Å². The monoisotopic (exact) mass is 253 g/mol. The van der Waals surface area contributed by atoms with Crippen molar-refractivity contribution in [1.82, 2.24) is 14.7 Å². The van der Waals surface area contributed by atoms with E-state index in [1.54, 1.807) is 4.90 Å². The molecule has 0 aromatic carbocycles. The molecule has 4 heteroatoms. The molecule has 0 unspecified atom stereocenters. The molecule has 0 aromatic rings. The largest absolute Gasteiger partial charge is 0.348 e. The Morgan fingerprint density at radius 3 is 2.44 bits per heavy atom. The molecule has 0 radical (unpaired) electrons. The van der Waals surface area contributed by atoms with E-state index in [0.717, 1.165) is 12.5 Å². The van der Waals surface area contributed by atoms with E-state index in [-0.39, 0.29) is 5.91 Å². The van der Waals surface area contributed by atoms with Gasteiger partial charge in [0, 0.05) is 20.1 Å². The predicted molar refractivity (Wildman–Crippen MR) is 73.5 cm³/mol. The minimum atomic E-state index is 0.245. The summed E-state index contributed by atoms with van der Waals surface area (Å²) in [5.41, 5.74) is 0. The van der Waals surface area contributed by atoms with Gasteiger partial charge in [-0.15, -0.1) is 0 Å². The van der Waals surface area contributed by atoms with E-state index in [0.29, 0.717) is 12.6 Å². The highest BCUT2D eigenvalue weighted by atomic mass is 16.2. The van der Waals surface area contributed by atoms with Crippen molar-refractivity contribution >= 4 is 5.91 Å². The van der Waals surface area contributed by atoms with Crippen molar-refractivity contribution < 1.29 is 4.79 Å². The van der Waals surface area contributed by atoms with Crippen molar-refractivity contribution in [3.8, 4) is 0 Å². The second-order valence-electron chi connectivity index (χ2n) is 6.11. The third kappa shape index (κ3) is 3.23. The Hall–Kier alpha value is -0.610. The van der Waals surface area contributed by atoms with Crippen LogP contribution in [0, 0.1) is 5.92 Å². The number of likely N-dealkylation sites (tertiary alicyclic amines) is 2. The Bertz CT molecular complexity index is 285. The lowest BCUT2D eigenvalue weighted by atomic mass is 9.88. The molecule has 0 N–H and O–H groups in total. The minimum Gasteiger partial charge on any atom is -0.348 e. The molecule has 2 rings (SSSR count). The lowest BCUT2D eigenvalue weighted by Gasteiger charge is -2.37. The molecule has 1 amide bonds. The van der Waals surface area contributed by atoms with Crippen LogP contribution in [0.25, 0.3) is 0 Å². The number of carbonyl (C=O) groups is 1. The highest BCUT2D eigenvalue weighted by Crippen LogP contribution is 2.30. The van der Waals surface area contributed by atoms with Crippen LogP contribution in [-0.4, -0.2) is 74.0 Å². The molecule has 2 fully saturated rings. The normalized spacial score (nSPS) is 27.6. The lowest BCUT2D eigenvalue weighted by molar-refractivity contribution is -0.130. The summed E-state index contributed by atoms with van der Waals surface area (Å²) in [5.74, 6) is 1.05. The maximum atomic E-state index is 11.9. The Morgan fingerprint density at radius 1 is 1.17 bits per heavy atom. The van der Waals surface area contributed by atoms with Gasteiger partial charge >= 0.3 is 0 Å². The van der Waals surface area contributed by atoms with Crippen LogP contribution in [-0.2, 0) is 4.79 Å². The van der Waals surface area contributed by atoms with E-state index in [1.807, 2.05) is 14.1 Å². The average Bonchev–Trinajstić information content (AvgIpc) is 2.78. The fourth-order valence-corrected chi connectivity index (χ4v) is 3.31. The molecule has 0 saturated carbocycles. The van der Waals surface area contributed by atoms with Gasteiger partial charge in [-0.1, -0.05) is 0 Å². The van der Waals surface area contributed by atoms with Crippen LogP contribution in [0.4, 0.5) is 0 Å². The van der Waals surface area contributed by atoms with Gasteiger partial charge in [0.15, 0.2) is 0 Å². The van der Waals surface area contributed by atoms with Gasteiger partial charge in [-0.05, 0) is 58.3 Å². The van der Waals surface area contributed by atoms with Gasteiger partial charge in [-0.2, -0.15) is 0 Å². The molecule has 2 aliphatic rings. The van der Waals surface area contributed by atoms with Gasteiger partial charge in [0.05, 0.1) is 6.54 Å². The van der Waals surface area contributed by atoms with Gasteiger partial charge in [0.25, 0.3) is 0 Å². The van der Waals surface area contributed by atoms with E-state index >= 15 is 0 Å².